The summed E-state index contributed by atoms with van der Waals surface area (Å²) in [6, 6.07) is 11.7. The molecule has 2 aromatic rings. The van der Waals surface area contributed by atoms with E-state index in [0.29, 0.717) is 26.1 Å². The monoisotopic (exact) mass is 342 g/mol. The Morgan fingerprint density at radius 1 is 1.19 bits per heavy atom. The van der Waals surface area contributed by atoms with E-state index in [1.807, 2.05) is 0 Å². The van der Waals surface area contributed by atoms with Crippen molar-refractivity contribution in [1.82, 2.24) is 0 Å². The second kappa shape index (κ2) is 7.07. The number of halogens is 2. The lowest BCUT2D eigenvalue weighted by Crippen LogP contribution is -2.07. The number of carbonyl (C=O) groups excluding carboxylic acids is 1. The zero-order valence-corrected chi connectivity index (χ0v) is 13.5. The maximum absolute atomic E-state index is 12.5. The van der Waals surface area contributed by atoms with Gasteiger partial charge in [0.2, 0.25) is 0 Å². The summed E-state index contributed by atoms with van der Waals surface area (Å²) >= 11 is 11.9. The third-order valence-corrected chi connectivity index (χ3v) is 4.93. The van der Waals surface area contributed by atoms with Gasteiger partial charge >= 0.3 is 5.97 Å². The summed E-state index contributed by atoms with van der Waals surface area (Å²) in [4.78, 5) is 12.2. The lowest BCUT2D eigenvalue weighted by molar-refractivity contribution is 0.0600. The molecule has 21 heavy (non-hydrogen) atoms. The van der Waals surface area contributed by atoms with Crippen LogP contribution in [0, 0.1) is 0 Å². The molecule has 0 radical (unpaired) electrons. The molecule has 0 aliphatic carbocycles. The predicted molar refractivity (Wildman–Crippen MR) is 84.4 cm³/mol. The highest BCUT2D eigenvalue weighted by Gasteiger charge is 2.16. The van der Waals surface area contributed by atoms with Gasteiger partial charge in [-0.2, -0.15) is 0 Å². The van der Waals surface area contributed by atoms with E-state index in [1.165, 1.54) is 7.11 Å². The van der Waals surface area contributed by atoms with Crippen molar-refractivity contribution in [2.45, 2.75) is 10.6 Å². The maximum Gasteiger partial charge on any atom is 0.338 e. The molecular formula is C15H12Cl2O3S. The van der Waals surface area contributed by atoms with E-state index in [0.717, 1.165) is 0 Å². The van der Waals surface area contributed by atoms with Gasteiger partial charge in [-0.25, -0.2) is 4.79 Å². The molecule has 0 aliphatic rings. The second-order valence-electron chi connectivity index (χ2n) is 4.21. The summed E-state index contributed by atoms with van der Waals surface area (Å²) in [5.41, 5.74) is 1.03. The number of esters is 1. The number of hydrogen-bond acceptors (Lipinski definition) is 3. The Hall–Kier alpha value is -1.36. The first-order chi connectivity index (χ1) is 10.0. The molecule has 0 spiro atoms. The minimum atomic E-state index is -1.41. The molecule has 0 saturated carbocycles. The molecule has 1 atom stereocenters. The fourth-order valence-electron chi connectivity index (χ4n) is 1.83. The summed E-state index contributed by atoms with van der Waals surface area (Å²) < 4.78 is 17.2. The molecule has 0 N–H and O–H groups in total. The largest absolute Gasteiger partial charge is 0.465 e. The Morgan fingerprint density at radius 3 is 2.62 bits per heavy atom. The normalized spacial score (nSPS) is 12.0. The number of carbonyl (C=O) groups is 1. The van der Waals surface area contributed by atoms with Crippen LogP contribution in [0.3, 0.4) is 0 Å². The molecule has 3 nitrogen and oxygen atoms in total. The second-order valence-corrected chi connectivity index (χ2v) is 6.48. The van der Waals surface area contributed by atoms with Crippen LogP contribution in [0.5, 0.6) is 0 Å². The lowest BCUT2D eigenvalue weighted by atomic mass is 10.1. The van der Waals surface area contributed by atoms with Gasteiger partial charge in [0, 0.05) is 5.02 Å². The number of methoxy groups -OCH3 is 1. The van der Waals surface area contributed by atoms with Crippen molar-refractivity contribution in [2.24, 2.45) is 0 Å². The molecule has 6 heteroatoms. The maximum atomic E-state index is 12.5. The third kappa shape index (κ3) is 3.84. The van der Waals surface area contributed by atoms with Crippen molar-refractivity contribution in [3.8, 4) is 0 Å². The fourth-order valence-corrected chi connectivity index (χ4v) is 3.67. The molecule has 1 unspecified atom stereocenters. The van der Waals surface area contributed by atoms with Crippen molar-refractivity contribution in [3.63, 3.8) is 0 Å². The van der Waals surface area contributed by atoms with Crippen molar-refractivity contribution < 1.29 is 13.7 Å². The van der Waals surface area contributed by atoms with E-state index in [1.54, 1.807) is 42.5 Å². The number of hydrogen-bond donors (Lipinski definition) is 0. The molecule has 0 amide bonds. The van der Waals surface area contributed by atoms with Crippen molar-refractivity contribution in [1.29, 1.82) is 0 Å². The average molecular weight is 343 g/mol. The molecule has 2 rings (SSSR count). The van der Waals surface area contributed by atoms with Crippen molar-refractivity contribution in [2.75, 3.05) is 7.11 Å². The highest BCUT2D eigenvalue weighted by atomic mass is 35.5. The van der Waals surface area contributed by atoms with E-state index in [9.17, 15) is 9.00 Å². The van der Waals surface area contributed by atoms with Crippen LogP contribution in [0.2, 0.25) is 10.0 Å². The summed E-state index contributed by atoms with van der Waals surface area (Å²) in [6.45, 7) is 0. The van der Waals surface area contributed by atoms with Crippen LogP contribution in [0.25, 0.3) is 0 Å². The molecule has 0 saturated heterocycles. The molecule has 110 valence electrons. The Balaban J connectivity index is 2.32. The van der Waals surface area contributed by atoms with Gasteiger partial charge in [-0.1, -0.05) is 41.4 Å². The molecule has 2 aromatic carbocycles. The Labute approximate surface area is 135 Å². The molecule has 0 bridgehead atoms. The van der Waals surface area contributed by atoms with Gasteiger partial charge in [0.05, 0.1) is 39.1 Å². The summed E-state index contributed by atoms with van der Waals surface area (Å²) in [6.07, 6.45) is 0. The minimum Gasteiger partial charge on any atom is -0.465 e. The van der Waals surface area contributed by atoms with Crippen LogP contribution in [-0.4, -0.2) is 17.3 Å². The van der Waals surface area contributed by atoms with Gasteiger partial charge in [-0.3, -0.25) is 4.21 Å². The molecule has 0 aromatic heterocycles. The molecular weight excluding hydrogens is 331 g/mol. The Kier molecular flexibility index (Phi) is 5.39. The van der Waals surface area contributed by atoms with E-state index in [4.69, 9.17) is 27.9 Å². The van der Waals surface area contributed by atoms with Crippen LogP contribution in [0.4, 0.5) is 0 Å². The topological polar surface area (TPSA) is 43.4 Å². The van der Waals surface area contributed by atoms with Crippen molar-refractivity contribution in [3.05, 3.63) is 63.6 Å². The van der Waals surface area contributed by atoms with E-state index in [-0.39, 0.29) is 5.75 Å². The Morgan fingerprint density at radius 2 is 1.90 bits per heavy atom. The zero-order valence-electron chi connectivity index (χ0n) is 11.1. The van der Waals surface area contributed by atoms with E-state index in [2.05, 4.69) is 0 Å². The molecule has 0 fully saturated rings. The highest BCUT2D eigenvalue weighted by molar-refractivity contribution is 7.84. The average Bonchev–Trinajstić information content (AvgIpc) is 2.49. The Bertz CT molecular complexity index is 701. The number of ether oxygens (including phenoxy) is 1. The highest BCUT2D eigenvalue weighted by Crippen LogP contribution is 2.26. The SMILES string of the molecule is COC(=O)c1ccccc1CS(=O)c1cc(Cl)ccc1Cl. The smallest absolute Gasteiger partial charge is 0.338 e. The number of rotatable bonds is 4. The van der Waals surface area contributed by atoms with Crippen LogP contribution < -0.4 is 0 Å². The van der Waals surface area contributed by atoms with Crippen molar-refractivity contribution >= 4 is 40.0 Å². The first-order valence-corrected chi connectivity index (χ1v) is 8.10. The van der Waals surface area contributed by atoms with Gasteiger partial charge in [0.15, 0.2) is 0 Å². The fraction of sp³-hybridized carbons (Fsp3) is 0.133. The summed E-state index contributed by atoms with van der Waals surface area (Å²) in [5, 5.41) is 0.845. The van der Waals surface area contributed by atoms with Crippen LogP contribution in [0.1, 0.15) is 15.9 Å². The summed E-state index contributed by atoms with van der Waals surface area (Å²) in [7, 11) is -0.0998. The van der Waals surface area contributed by atoms with Crippen LogP contribution >= 0.6 is 23.2 Å². The number of benzene rings is 2. The third-order valence-electron chi connectivity index (χ3n) is 2.85. The predicted octanol–water partition coefficient (Wildman–Crippen LogP) is 4.09. The quantitative estimate of drug-likeness (QED) is 0.786. The zero-order chi connectivity index (χ0) is 15.4. The van der Waals surface area contributed by atoms with E-state index >= 15 is 0 Å². The molecule has 0 heterocycles. The van der Waals surface area contributed by atoms with Gasteiger partial charge in [0.25, 0.3) is 0 Å². The van der Waals surface area contributed by atoms with E-state index < -0.39 is 16.8 Å². The van der Waals surface area contributed by atoms with Gasteiger partial charge in [-0.15, -0.1) is 0 Å². The molecule has 0 aliphatic heterocycles. The van der Waals surface area contributed by atoms with Gasteiger partial charge in [-0.05, 0) is 29.8 Å². The minimum absolute atomic E-state index is 0.158. The summed E-state index contributed by atoms with van der Waals surface area (Å²) in [5.74, 6) is -0.300. The van der Waals surface area contributed by atoms with Gasteiger partial charge < -0.3 is 4.74 Å². The van der Waals surface area contributed by atoms with Crippen LogP contribution in [0.15, 0.2) is 47.4 Å². The standard InChI is InChI=1S/C15H12Cl2O3S/c1-20-15(18)12-5-3-2-4-10(12)9-21(19)14-8-11(16)6-7-13(14)17/h2-8H,9H2,1H3. The van der Waals surface area contributed by atoms with Crippen LogP contribution in [-0.2, 0) is 21.3 Å². The first kappa shape index (κ1) is 16.0. The van der Waals surface area contributed by atoms with Gasteiger partial charge in [0.1, 0.15) is 0 Å². The first-order valence-electron chi connectivity index (χ1n) is 6.02. The lowest BCUT2D eigenvalue weighted by Gasteiger charge is -2.09.